The molecule has 0 saturated heterocycles. The van der Waals surface area contributed by atoms with E-state index in [2.05, 4.69) is 198 Å². The molecule has 0 bridgehead atoms. The molecule has 0 unspecified atom stereocenters. The smallest absolute Gasteiger partial charge is 0.0165 e. The van der Waals surface area contributed by atoms with Crippen LogP contribution in [0.3, 0.4) is 0 Å². The van der Waals surface area contributed by atoms with Gasteiger partial charge in [-0.1, -0.05) is 191 Å². The predicted octanol–water partition coefficient (Wildman–Crippen LogP) is 14.8. The second-order valence-corrected chi connectivity index (χ2v) is 16.4. The van der Waals surface area contributed by atoms with Crippen LogP contribution in [-0.4, -0.2) is 0 Å². The van der Waals surface area contributed by atoms with Crippen LogP contribution < -0.4 is 0 Å². The Hall–Kier alpha value is -6.24. The Bertz CT molecular complexity index is 2970. The van der Waals surface area contributed by atoms with Crippen molar-refractivity contribution in [3.05, 3.63) is 192 Å². The summed E-state index contributed by atoms with van der Waals surface area (Å²) in [5.74, 6) is 0. The summed E-state index contributed by atoms with van der Waals surface area (Å²) in [6.45, 7) is 9.65. The van der Waals surface area contributed by atoms with E-state index in [-0.39, 0.29) is 10.8 Å². The molecule has 9 aromatic rings. The lowest BCUT2D eigenvalue weighted by atomic mass is 9.77. The molecular weight excluding hydrogens is 649 g/mol. The molecule has 2 aliphatic rings. The van der Waals surface area contributed by atoms with Gasteiger partial charge in [0.05, 0.1) is 0 Å². The number of benzene rings is 9. The van der Waals surface area contributed by atoms with Gasteiger partial charge in [0.2, 0.25) is 0 Å². The van der Waals surface area contributed by atoms with Gasteiger partial charge < -0.3 is 0 Å². The van der Waals surface area contributed by atoms with Crippen LogP contribution in [0.25, 0.3) is 88.0 Å². The monoisotopic (exact) mass is 688 g/mol. The van der Waals surface area contributed by atoms with Gasteiger partial charge in [-0.25, -0.2) is 0 Å². The van der Waals surface area contributed by atoms with E-state index in [0.29, 0.717) is 0 Å². The first-order valence-corrected chi connectivity index (χ1v) is 19.3. The van der Waals surface area contributed by atoms with Crippen molar-refractivity contribution in [1.29, 1.82) is 0 Å². The molecule has 0 saturated carbocycles. The van der Waals surface area contributed by atoms with Crippen molar-refractivity contribution in [2.24, 2.45) is 0 Å². The third-order valence-corrected chi connectivity index (χ3v) is 12.9. The van der Waals surface area contributed by atoms with Crippen molar-refractivity contribution in [3.8, 4) is 55.6 Å². The third-order valence-electron chi connectivity index (χ3n) is 12.9. The van der Waals surface area contributed by atoms with Gasteiger partial charge in [-0.05, 0) is 116 Å². The molecule has 0 aliphatic heterocycles. The fraction of sp³-hybridized carbons (Fsp3) is 0.111. The maximum Gasteiger partial charge on any atom is 0.0165 e. The van der Waals surface area contributed by atoms with E-state index in [9.17, 15) is 0 Å². The minimum Gasteiger partial charge on any atom is -0.0622 e. The first-order chi connectivity index (χ1) is 26.3. The Balaban J connectivity index is 1.12. The van der Waals surface area contributed by atoms with Gasteiger partial charge in [-0.3, -0.25) is 0 Å². The molecule has 0 heterocycles. The summed E-state index contributed by atoms with van der Waals surface area (Å²) in [6.07, 6.45) is 0. The summed E-state index contributed by atoms with van der Waals surface area (Å²) in [4.78, 5) is 0. The van der Waals surface area contributed by atoms with Crippen LogP contribution in [0.5, 0.6) is 0 Å². The van der Waals surface area contributed by atoms with Gasteiger partial charge in [-0.15, -0.1) is 0 Å². The summed E-state index contributed by atoms with van der Waals surface area (Å²) in [6, 6.07) is 63.7. The van der Waals surface area contributed by atoms with Crippen molar-refractivity contribution in [2.45, 2.75) is 38.5 Å². The molecule has 54 heavy (non-hydrogen) atoms. The quantitative estimate of drug-likeness (QED) is 0.162. The minimum atomic E-state index is -0.116. The van der Waals surface area contributed by atoms with Crippen LogP contribution in [0.4, 0.5) is 0 Å². The number of rotatable bonds is 3. The summed E-state index contributed by atoms with van der Waals surface area (Å²) in [5.41, 5.74) is 18.8. The molecule has 11 rings (SSSR count). The second-order valence-electron chi connectivity index (χ2n) is 16.4. The zero-order valence-corrected chi connectivity index (χ0v) is 31.2. The van der Waals surface area contributed by atoms with Gasteiger partial charge in [0.25, 0.3) is 0 Å². The summed E-state index contributed by atoms with van der Waals surface area (Å²) in [5, 5.41) is 7.68. The molecule has 0 aromatic heterocycles. The largest absolute Gasteiger partial charge is 0.0622 e. The topological polar surface area (TPSA) is 0 Å². The van der Waals surface area contributed by atoms with Crippen LogP contribution >= 0.6 is 0 Å². The Kier molecular flexibility index (Phi) is 6.46. The van der Waals surface area contributed by atoms with Crippen LogP contribution in [0.2, 0.25) is 0 Å². The van der Waals surface area contributed by atoms with Crippen molar-refractivity contribution in [2.75, 3.05) is 0 Å². The lowest BCUT2D eigenvalue weighted by Gasteiger charge is -2.26. The molecular formula is C54H40. The van der Waals surface area contributed by atoms with Gasteiger partial charge in [0, 0.05) is 10.8 Å². The molecule has 0 N–H and O–H groups in total. The highest BCUT2D eigenvalue weighted by Gasteiger charge is 2.44. The number of hydrogen-bond acceptors (Lipinski definition) is 0. The number of fused-ring (bicyclic) bond motifs is 10. The highest BCUT2D eigenvalue weighted by Crippen LogP contribution is 2.59. The van der Waals surface area contributed by atoms with E-state index < -0.39 is 0 Å². The Morgan fingerprint density at radius 3 is 1.48 bits per heavy atom. The molecule has 0 nitrogen and oxygen atoms in total. The standard InChI is InChI=1S/C54H40/c1-53(2)47-31-30-44-38-20-14-15-25-46(38)54(3,4)52(44)51(47)45-27-26-34(32-48(45)53)35-28-29-43(37-19-9-8-18-36(35)37)50-41-23-12-10-21-39(41)49(33-16-6-5-7-17-33)40-22-11-13-24-42(40)50/h5-32H,1-4H3. The summed E-state index contributed by atoms with van der Waals surface area (Å²) < 4.78 is 0. The van der Waals surface area contributed by atoms with Crippen LogP contribution in [0.15, 0.2) is 170 Å². The molecule has 0 radical (unpaired) electrons. The van der Waals surface area contributed by atoms with E-state index in [1.165, 1.54) is 110 Å². The summed E-state index contributed by atoms with van der Waals surface area (Å²) in [7, 11) is 0. The van der Waals surface area contributed by atoms with Crippen molar-refractivity contribution in [3.63, 3.8) is 0 Å². The van der Waals surface area contributed by atoms with E-state index in [4.69, 9.17) is 0 Å². The van der Waals surface area contributed by atoms with Crippen LogP contribution in [0.1, 0.15) is 49.9 Å². The van der Waals surface area contributed by atoms with Crippen LogP contribution in [0, 0.1) is 0 Å². The minimum absolute atomic E-state index is 0.0622. The highest BCUT2D eigenvalue weighted by molar-refractivity contribution is 6.24. The maximum absolute atomic E-state index is 2.50. The molecule has 9 aromatic carbocycles. The Labute approximate surface area is 317 Å². The number of hydrogen-bond donors (Lipinski definition) is 0. The van der Waals surface area contributed by atoms with E-state index in [1.54, 1.807) is 0 Å². The molecule has 256 valence electrons. The van der Waals surface area contributed by atoms with E-state index in [0.717, 1.165) is 0 Å². The molecule has 2 aliphatic carbocycles. The predicted molar refractivity (Wildman–Crippen MR) is 230 cm³/mol. The zero-order valence-electron chi connectivity index (χ0n) is 31.2. The van der Waals surface area contributed by atoms with Gasteiger partial charge >= 0.3 is 0 Å². The molecule has 0 atom stereocenters. The summed E-state index contributed by atoms with van der Waals surface area (Å²) >= 11 is 0. The van der Waals surface area contributed by atoms with E-state index in [1.807, 2.05) is 0 Å². The van der Waals surface area contributed by atoms with Crippen LogP contribution in [-0.2, 0) is 10.8 Å². The fourth-order valence-electron chi connectivity index (χ4n) is 10.4. The Morgan fingerprint density at radius 1 is 0.278 bits per heavy atom. The zero-order chi connectivity index (χ0) is 36.3. The van der Waals surface area contributed by atoms with E-state index >= 15 is 0 Å². The lowest BCUT2D eigenvalue weighted by Crippen LogP contribution is -2.18. The first kappa shape index (κ1) is 31.3. The normalized spacial score (nSPS) is 14.6. The lowest BCUT2D eigenvalue weighted by molar-refractivity contribution is 0.647. The van der Waals surface area contributed by atoms with Crippen molar-refractivity contribution in [1.82, 2.24) is 0 Å². The molecule has 0 amide bonds. The van der Waals surface area contributed by atoms with Crippen molar-refractivity contribution >= 4 is 32.3 Å². The third kappa shape index (κ3) is 4.14. The average molecular weight is 689 g/mol. The molecule has 0 heteroatoms. The second kappa shape index (κ2) is 11.1. The SMILES string of the molecule is CC1(C)c2cc(-c3ccc(-c4c5ccccc5c(-c5ccccc5)c5ccccc45)c4ccccc34)ccc2-c2c1ccc1c2C(C)(C)c2ccccc2-1. The highest BCUT2D eigenvalue weighted by atomic mass is 14.5. The molecule has 0 fully saturated rings. The van der Waals surface area contributed by atoms with Gasteiger partial charge in [0.1, 0.15) is 0 Å². The first-order valence-electron chi connectivity index (χ1n) is 19.3. The van der Waals surface area contributed by atoms with Crippen molar-refractivity contribution < 1.29 is 0 Å². The fourth-order valence-corrected chi connectivity index (χ4v) is 10.4. The maximum atomic E-state index is 2.50. The van der Waals surface area contributed by atoms with Gasteiger partial charge in [-0.2, -0.15) is 0 Å². The van der Waals surface area contributed by atoms with Gasteiger partial charge in [0.15, 0.2) is 0 Å². The Morgan fingerprint density at radius 2 is 0.796 bits per heavy atom. The average Bonchev–Trinajstić information content (AvgIpc) is 3.59. The molecule has 0 spiro atoms.